The third-order valence-electron chi connectivity index (χ3n) is 2.81. The van der Waals surface area contributed by atoms with E-state index in [0.29, 0.717) is 17.4 Å². The van der Waals surface area contributed by atoms with Crippen LogP contribution in [0.5, 0.6) is 0 Å². The van der Waals surface area contributed by atoms with E-state index in [1.54, 1.807) is 0 Å². The van der Waals surface area contributed by atoms with Gasteiger partial charge < -0.3 is 5.32 Å². The summed E-state index contributed by atoms with van der Waals surface area (Å²) in [5.41, 5.74) is -0.120. The number of halogens is 5. The number of benzene rings is 1. The van der Waals surface area contributed by atoms with Gasteiger partial charge in [-0.2, -0.15) is 13.2 Å². The van der Waals surface area contributed by atoms with Crippen molar-refractivity contribution in [2.24, 2.45) is 0 Å². The number of thiol groups is 1. The van der Waals surface area contributed by atoms with Crippen molar-refractivity contribution in [3.8, 4) is 11.3 Å². The van der Waals surface area contributed by atoms with Crippen molar-refractivity contribution in [1.29, 1.82) is 0 Å². The van der Waals surface area contributed by atoms with Crippen molar-refractivity contribution < 1.29 is 21.6 Å². The van der Waals surface area contributed by atoms with Crippen LogP contribution in [0.2, 0.25) is 10.0 Å². The Morgan fingerprint density at radius 1 is 1.13 bits per heavy atom. The number of nitrogens with one attached hydrogen (secondary N) is 1. The SMILES string of the molecule is O=[SH](=O)CNc1cc(-c2ncc(C(F)(F)F)cc2Cl)ccc1Cl. The van der Waals surface area contributed by atoms with E-state index in [2.05, 4.69) is 10.3 Å². The van der Waals surface area contributed by atoms with Crippen molar-refractivity contribution in [2.45, 2.75) is 6.18 Å². The molecule has 0 amide bonds. The molecule has 0 aliphatic rings. The maximum absolute atomic E-state index is 12.6. The molecule has 2 rings (SSSR count). The molecule has 10 heteroatoms. The predicted molar refractivity (Wildman–Crippen MR) is 83.5 cm³/mol. The minimum absolute atomic E-state index is 0.130. The number of hydrogen-bond donors (Lipinski definition) is 2. The Hall–Kier alpha value is -1.51. The molecule has 0 radical (unpaired) electrons. The molecule has 0 fully saturated rings. The lowest BCUT2D eigenvalue weighted by molar-refractivity contribution is -0.137. The average Bonchev–Trinajstić information content (AvgIpc) is 2.45. The maximum atomic E-state index is 12.6. The van der Waals surface area contributed by atoms with Crippen LogP contribution in [-0.2, 0) is 16.9 Å². The molecule has 1 heterocycles. The summed E-state index contributed by atoms with van der Waals surface area (Å²) >= 11 is 11.8. The van der Waals surface area contributed by atoms with Crippen molar-refractivity contribution in [3.63, 3.8) is 0 Å². The fraction of sp³-hybridized carbons (Fsp3) is 0.154. The molecular weight excluding hydrogens is 376 g/mol. The van der Waals surface area contributed by atoms with Crippen LogP contribution in [-0.4, -0.2) is 19.3 Å². The standard InChI is InChI=1S/C13H9Cl2F3N2O2S/c14-9-2-1-7(3-11(9)20-6-23(21)22)12-10(15)4-8(5-19-12)13(16,17)18/h1-5,20,23H,6H2. The van der Waals surface area contributed by atoms with Crippen LogP contribution in [0.25, 0.3) is 11.3 Å². The van der Waals surface area contributed by atoms with Gasteiger partial charge >= 0.3 is 6.18 Å². The van der Waals surface area contributed by atoms with E-state index >= 15 is 0 Å². The second-order valence-corrected chi connectivity index (χ2v) is 6.21. The third kappa shape index (κ3) is 4.49. The van der Waals surface area contributed by atoms with Gasteiger partial charge in [0.15, 0.2) is 10.7 Å². The molecule has 0 saturated heterocycles. The van der Waals surface area contributed by atoms with E-state index in [1.807, 2.05) is 0 Å². The summed E-state index contributed by atoms with van der Waals surface area (Å²) in [7, 11) is -2.66. The number of aromatic nitrogens is 1. The van der Waals surface area contributed by atoms with Gasteiger partial charge in [0, 0.05) is 11.8 Å². The van der Waals surface area contributed by atoms with Gasteiger partial charge in [-0.1, -0.05) is 29.3 Å². The van der Waals surface area contributed by atoms with Crippen LogP contribution in [0.4, 0.5) is 18.9 Å². The molecule has 1 aromatic heterocycles. The second-order valence-electron chi connectivity index (χ2n) is 4.41. The van der Waals surface area contributed by atoms with Gasteiger partial charge in [-0.15, -0.1) is 0 Å². The lowest BCUT2D eigenvalue weighted by atomic mass is 10.1. The third-order valence-corrected chi connectivity index (χ3v) is 3.84. The highest BCUT2D eigenvalue weighted by Crippen LogP contribution is 2.35. The highest BCUT2D eigenvalue weighted by atomic mass is 35.5. The van der Waals surface area contributed by atoms with Crippen LogP contribution in [0.3, 0.4) is 0 Å². The molecule has 0 aliphatic heterocycles. The van der Waals surface area contributed by atoms with Gasteiger partial charge in [-0.25, -0.2) is 8.42 Å². The monoisotopic (exact) mass is 384 g/mol. The van der Waals surface area contributed by atoms with Crippen molar-refractivity contribution in [1.82, 2.24) is 4.98 Å². The summed E-state index contributed by atoms with van der Waals surface area (Å²) in [4.78, 5) is 3.74. The average molecular weight is 385 g/mol. The molecule has 0 saturated carbocycles. The minimum atomic E-state index is -4.54. The Morgan fingerprint density at radius 3 is 2.39 bits per heavy atom. The smallest absolute Gasteiger partial charge is 0.371 e. The summed E-state index contributed by atoms with van der Waals surface area (Å²) in [5.74, 6) is -0.327. The van der Waals surface area contributed by atoms with Gasteiger partial charge in [0.05, 0.1) is 27.0 Å². The van der Waals surface area contributed by atoms with E-state index in [4.69, 9.17) is 23.2 Å². The first-order valence-corrected chi connectivity index (χ1v) is 8.18. The zero-order valence-electron chi connectivity index (χ0n) is 11.2. The Kier molecular flexibility index (Phi) is 5.38. The quantitative estimate of drug-likeness (QED) is 0.780. The Labute approximate surface area is 141 Å². The molecule has 0 bridgehead atoms. The van der Waals surface area contributed by atoms with E-state index in [9.17, 15) is 21.6 Å². The van der Waals surface area contributed by atoms with E-state index < -0.39 is 22.4 Å². The van der Waals surface area contributed by atoms with Gasteiger partial charge in [-0.05, 0) is 18.2 Å². The number of hydrogen-bond acceptors (Lipinski definition) is 4. The summed E-state index contributed by atoms with van der Waals surface area (Å²) in [6, 6.07) is 5.22. The Morgan fingerprint density at radius 2 is 1.83 bits per heavy atom. The van der Waals surface area contributed by atoms with E-state index in [-0.39, 0.29) is 21.6 Å². The number of rotatable bonds is 4. The molecule has 0 atom stereocenters. The fourth-order valence-corrected chi connectivity index (χ4v) is 2.52. The van der Waals surface area contributed by atoms with E-state index in [0.717, 1.165) is 6.07 Å². The molecule has 23 heavy (non-hydrogen) atoms. The minimum Gasteiger partial charge on any atom is -0.371 e. The molecular formula is C13H9Cl2F3N2O2S. The number of pyridine rings is 1. The second kappa shape index (κ2) is 6.94. The van der Waals surface area contributed by atoms with Crippen LogP contribution < -0.4 is 5.32 Å². The lowest BCUT2D eigenvalue weighted by Crippen LogP contribution is -2.06. The van der Waals surface area contributed by atoms with Crippen LogP contribution in [0, 0.1) is 0 Å². The number of nitrogens with zero attached hydrogens (tertiary/aromatic N) is 1. The summed E-state index contributed by atoms with van der Waals surface area (Å²) in [5, 5.41) is 2.68. The predicted octanol–water partition coefficient (Wildman–Crippen LogP) is 4.06. The molecule has 0 aliphatic carbocycles. The number of alkyl halides is 3. The van der Waals surface area contributed by atoms with Crippen LogP contribution >= 0.6 is 23.2 Å². The largest absolute Gasteiger partial charge is 0.417 e. The molecule has 1 aromatic carbocycles. The van der Waals surface area contributed by atoms with Gasteiger partial charge in [0.1, 0.15) is 5.88 Å². The first-order chi connectivity index (χ1) is 10.7. The molecule has 1 N–H and O–H groups in total. The van der Waals surface area contributed by atoms with Gasteiger partial charge in [0.25, 0.3) is 0 Å². The fourth-order valence-electron chi connectivity index (χ4n) is 1.76. The topological polar surface area (TPSA) is 59.1 Å². The highest BCUT2D eigenvalue weighted by molar-refractivity contribution is 7.72. The molecule has 4 nitrogen and oxygen atoms in total. The maximum Gasteiger partial charge on any atom is 0.417 e. The zero-order valence-corrected chi connectivity index (χ0v) is 13.6. The van der Waals surface area contributed by atoms with Crippen LogP contribution in [0.15, 0.2) is 30.5 Å². The molecule has 124 valence electrons. The first kappa shape index (κ1) is 17.8. The first-order valence-electron chi connectivity index (χ1n) is 6.07. The Balaban J connectivity index is 2.40. The molecule has 0 unspecified atom stereocenters. The van der Waals surface area contributed by atoms with Crippen molar-refractivity contribution in [2.75, 3.05) is 11.2 Å². The zero-order chi connectivity index (χ0) is 17.2. The van der Waals surface area contributed by atoms with Gasteiger partial charge in [0.2, 0.25) is 0 Å². The normalized spacial score (nSPS) is 11.7. The highest BCUT2D eigenvalue weighted by Gasteiger charge is 2.31. The summed E-state index contributed by atoms with van der Waals surface area (Å²) in [6.07, 6.45) is -3.86. The van der Waals surface area contributed by atoms with E-state index in [1.165, 1.54) is 18.2 Å². The lowest BCUT2D eigenvalue weighted by Gasteiger charge is -2.11. The molecule has 0 spiro atoms. The van der Waals surface area contributed by atoms with Crippen molar-refractivity contribution >= 4 is 39.6 Å². The summed E-state index contributed by atoms with van der Waals surface area (Å²) < 4.78 is 59.1. The van der Waals surface area contributed by atoms with Crippen molar-refractivity contribution in [3.05, 3.63) is 46.1 Å². The van der Waals surface area contributed by atoms with Gasteiger partial charge in [-0.3, -0.25) is 4.98 Å². The van der Waals surface area contributed by atoms with Crippen LogP contribution in [0.1, 0.15) is 5.56 Å². The summed E-state index contributed by atoms with van der Waals surface area (Å²) in [6.45, 7) is 0. The molecule has 2 aromatic rings. The Bertz CT molecular complexity index is 802. The number of anilines is 1.